The van der Waals surface area contributed by atoms with Crippen LogP contribution in [-0.4, -0.2) is 6.54 Å². The smallest absolute Gasteiger partial charge is 0.0636 e. The number of hydrogen-bond acceptors (Lipinski definition) is 2. The molecule has 94 valence electrons. The molecule has 3 N–H and O–H groups in total. The third-order valence-electron chi connectivity index (χ3n) is 2.96. The average molecular weight is 261 g/mol. The summed E-state index contributed by atoms with van der Waals surface area (Å²) in [5.41, 5.74) is 9.22. The number of hydrogen-bond donors (Lipinski definition) is 2. The molecule has 18 heavy (non-hydrogen) atoms. The Kier molecular flexibility index (Phi) is 4.24. The number of rotatable bonds is 4. The number of halogens is 1. The predicted molar refractivity (Wildman–Crippen MR) is 78.0 cm³/mol. The predicted octanol–water partition coefficient (Wildman–Crippen LogP) is 3.76. The Hall–Kier alpha value is -1.51. The minimum absolute atomic E-state index is 0.117. The van der Waals surface area contributed by atoms with E-state index >= 15 is 0 Å². The fourth-order valence-corrected chi connectivity index (χ4v) is 2.17. The van der Waals surface area contributed by atoms with E-state index in [0.29, 0.717) is 6.54 Å². The molecule has 0 saturated heterocycles. The first-order valence-corrected chi connectivity index (χ1v) is 6.36. The Bertz CT molecular complexity index is 511. The first kappa shape index (κ1) is 12.9. The van der Waals surface area contributed by atoms with Crippen molar-refractivity contribution in [2.24, 2.45) is 5.73 Å². The highest BCUT2D eigenvalue weighted by molar-refractivity contribution is 6.30. The Morgan fingerprint density at radius 2 is 1.89 bits per heavy atom. The van der Waals surface area contributed by atoms with Crippen molar-refractivity contribution >= 4 is 17.3 Å². The maximum atomic E-state index is 5.95. The maximum absolute atomic E-state index is 5.95. The molecule has 0 aromatic heterocycles. The molecule has 2 rings (SSSR count). The minimum Gasteiger partial charge on any atom is -0.377 e. The van der Waals surface area contributed by atoms with Crippen molar-refractivity contribution in [2.75, 3.05) is 11.9 Å². The zero-order valence-electron chi connectivity index (χ0n) is 10.4. The lowest BCUT2D eigenvalue weighted by molar-refractivity contribution is 0.789. The SMILES string of the molecule is Cc1cc(Cl)ccc1NC(CN)c1ccccc1. The van der Waals surface area contributed by atoms with Crippen molar-refractivity contribution in [2.45, 2.75) is 13.0 Å². The van der Waals surface area contributed by atoms with Crippen molar-refractivity contribution < 1.29 is 0 Å². The van der Waals surface area contributed by atoms with Gasteiger partial charge in [-0.25, -0.2) is 0 Å². The second-order valence-corrected chi connectivity index (χ2v) is 4.74. The molecule has 0 heterocycles. The summed E-state index contributed by atoms with van der Waals surface area (Å²) in [7, 11) is 0. The topological polar surface area (TPSA) is 38.0 Å². The molecule has 0 saturated carbocycles. The molecular formula is C15H17ClN2. The molecular weight excluding hydrogens is 244 g/mol. The van der Waals surface area contributed by atoms with E-state index in [-0.39, 0.29) is 6.04 Å². The highest BCUT2D eigenvalue weighted by atomic mass is 35.5. The third kappa shape index (κ3) is 3.03. The Morgan fingerprint density at radius 1 is 1.17 bits per heavy atom. The molecule has 0 bridgehead atoms. The van der Waals surface area contributed by atoms with Crippen LogP contribution in [-0.2, 0) is 0 Å². The number of aryl methyl sites for hydroxylation is 1. The van der Waals surface area contributed by atoms with Crippen LogP contribution in [0.5, 0.6) is 0 Å². The fraction of sp³-hybridized carbons (Fsp3) is 0.200. The fourth-order valence-electron chi connectivity index (χ4n) is 1.94. The van der Waals surface area contributed by atoms with Crippen LogP contribution in [0.25, 0.3) is 0 Å². The lowest BCUT2D eigenvalue weighted by Crippen LogP contribution is -2.20. The summed E-state index contributed by atoms with van der Waals surface area (Å²) in [5, 5.41) is 4.21. The van der Waals surface area contributed by atoms with Crippen molar-refractivity contribution in [3.63, 3.8) is 0 Å². The first-order chi connectivity index (χ1) is 8.70. The Balaban J connectivity index is 2.21. The van der Waals surface area contributed by atoms with Crippen molar-refractivity contribution in [1.29, 1.82) is 0 Å². The van der Waals surface area contributed by atoms with E-state index in [1.54, 1.807) is 0 Å². The van der Waals surface area contributed by atoms with Gasteiger partial charge in [0.05, 0.1) is 6.04 Å². The molecule has 0 amide bonds. The molecule has 0 spiro atoms. The summed E-state index contributed by atoms with van der Waals surface area (Å²) in [6.07, 6.45) is 0. The minimum atomic E-state index is 0.117. The third-order valence-corrected chi connectivity index (χ3v) is 3.19. The Labute approximate surface area is 113 Å². The van der Waals surface area contributed by atoms with E-state index in [0.717, 1.165) is 16.3 Å². The van der Waals surface area contributed by atoms with E-state index in [9.17, 15) is 0 Å². The summed E-state index contributed by atoms with van der Waals surface area (Å²) >= 11 is 5.95. The largest absolute Gasteiger partial charge is 0.377 e. The summed E-state index contributed by atoms with van der Waals surface area (Å²) in [4.78, 5) is 0. The second-order valence-electron chi connectivity index (χ2n) is 4.30. The average Bonchev–Trinajstić information content (AvgIpc) is 2.39. The Morgan fingerprint density at radius 3 is 2.50 bits per heavy atom. The molecule has 1 atom stereocenters. The zero-order valence-corrected chi connectivity index (χ0v) is 11.1. The normalized spacial score (nSPS) is 12.2. The van der Waals surface area contributed by atoms with E-state index in [1.807, 2.05) is 43.3 Å². The van der Waals surface area contributed by atoms with Gasteiger partial charge in [-0.2, -0.15) is 0 Å². The van der Waals surface area contributed by atoms with Crippen LogP contribution >= 0.6 is 11.6 Å². The van der Waals surface area contributed by atoms with Crippen LogP contribution in [0.15, 0.2) is 48.5 Å². The van der Waals surface area contributed by atoms with E-state index in [2.05, 4.69) is 17.4 Å². The maximum Gasteiger partial charge on any atom is 0.0636 e. The monoisotopic (exact) mass is 260 g/mol. The lowest BCUT2D eigenvalue weighted by atomic mass is 10.1. The number of anilines is 1. The standard InChI is InChI=1S/C15H17ClN2/c1-11-9-13(16)7-8-14(11)18-15(10-17)12-5-3-2-4-6-12/h2-9,15,18H,10,17H2,1H3. The van der Waals surface area contributed by atoms with Crippen LogP contribution in [0.1, 0.15) is 17.2 Å². The van der Waals surface area contributed by atoms with Gasteiger partial charge in [-0.15, -0.1) is 0 Å². The first-order valence-electron chi connectivity index (χ1n) is 5.98. The van der Waals surface area contributed by atoms with Crippen LogP contribution in [0.2, 0.25) is 5.02 Å². The number of nitrogens with one attached hydrogen (secondary N) is 1. The van der Waals surface area contributed by atoms with Gasteiger partial charge >= 0.3 is 0 Å². The van der Waals surface area contributed by atoms with Crippen molar-refractivity contribution in [1.82, 2.24) is 0 Å². The molecule has 0 fully saturated rings. The van der Waals surface area contributed by atoms with Crippen LogP contribution < -0.4 is 11.1 Å². The molecule has 1 unspecified atom stereocenters. The van der Waals surface area contributed by atoms with Gasteiger partial charge in [0.15, 0.2) is 0 Å². The highest BCUT2D eigenvalue weighted by Crippen LogP contribution is 2.24. The van der Waals surface area contributed by atoms with E-state index < -0.39 is 0 Å². The van der Waals surface area contributed by atoms with Gasteiger partial charge in [-0.3, -0.25) is 0 Å². The summed E-state index contributed by atoms with van der Waals surface area (Å²) in [6.45, 7) is 2.58. The zero-order chi connectivity index (χ0) is 13.0. The summed E-state index contributed by atoms with van der Waals surface area (Å²) in [5.74, 6) is 0. The van der Waals surface area contributed by atoms with Gasteiger partial charge in [0.1, 0.15) is 0 Å². The van der Waals surface area contributed by atoms with Gasteiger partial charge < -0.3 is 11.1 Å². The molecule has 0 radical (unpaired) electrons. The number of benzene rings is 2. The van der Waals surface area contributed by atoms with E-state index in [4.69, 9.17) is 17.3 Å². The molecule has 2 aromatic rings. The molecule has 2 nitrogen and oxygen atoms in total. The van der Waals surface area contributed by atoms with Crippen LogP contribution in [0.3, 0.4) is 0 Å². The van der Waals surface area contributed by atoms with Crippen LogP contribution in [0, 0.1) is 6.92 Å². The van der Waals surface area contributed by atoms with Crippen molar-refractivity contribution in [3.8, 4) is 0 Å². The highest BCUT2D eigenvalue weighted by Gasteiger charge is 2.10. The van der Waals surface area contributed by atoms with Gasteiger partial charge in [0.2, 0.25) is 0 Å². The molecule has 0 aliphatic carbocycles. The van der Waals surface area contributed by atoms with Crippen LogP contribution in [0.4, 0.5) is 5.69 Å². The van der Waals surface area contributed by atoms with Gasteiger partial charge in [-0.05, 0) is 36.2 Å². The molecule has 0 aliphatic rings. The van der Waals surface area contributed by atoms with E-state index in [1.165, 1.54) is 5.56 Å². The molecule has 0 aliphatic heterocycles. The lowest BCUT2D eigenvalue weighted by Gasteiger charge is -2.20. The molecule has 2 aromatic carbocycles. The van der Waals surface area contributed by atoms with Crippen molar-refractivity contribution in [3.05, 3.63) is 64.7 Å². The second kappa shape index (κ2) is 5.89. The summed E-state index contributed by atoms with van der Waals surface area (Å²) in [6, 6.07) is 16.1. The molecule has 3 heteroatoms. The van der Waals surface area contributed by atoms with Gasteiger partial charge in [0, 0.05) is 17.3 Å². The quantitative estimate of drug-likeness (QED) is 0.878. The number of nitrogens with two attached hydrogens (primary N) is 1. The van der Waals surface area contributed by atoms with Gasteiger partial charge in [0.25, 0.3) is 0 Å². The van der Waals surface area contributed by atoms with Gasteiger partial charge in [-0.1, -0.05) is 41.9 Å². The summed E-state index contributed by atoms with van der Waals surface area (Å²) < 4.78 is 0.